The maximum atomic E-state index is 12.2. The molecule has 110 valence electrons. The van der Waals surface area contributed by atoms with Gasteiger partial charge in [-0.1, -0.05) is 12.1 Å². The maximum Gasteiger partial charge on any atom is 0.247 e. The number of rotatable bonds is 4. The smallest absolute Gasteiger partial charge is 0.247 e. The third-order valence-corrected chi connectivity index (χ3v) is 4.81. The molecule has 1 aromatic heterocycles. The highest BCUT2D eigenvalue weighted by Crippen LogP contribution is 2.24. The van der Waals surface area contributed by atoms with Crippen LogP contribution in [0.25, 0.3) is 10.2 Å². The van der Waals surface area contributed by atoms with Crippen molar-refractivity contribution in [1.82, 2.24) is 14.8 Å². The van der Waals surface area contributed by atoms with Gasteiger partial charge in [0.1, 0.15) is 5.01 Å². The van der Waals surface area contributed by atoms with Gasteiger partial charge in [0.2, 0.25) is 11.8 Å². The number of hydrogen-bond donors (Lipinski definition) is 0. The molecule has 1 atom stereocenters. The molecule has 1 fully saturated rings. The van der Waals surface area contributed by atoms with Gasteiger partial charge in [0.25, 0.3) is 0 Å². The molecule has 1 aliphatic rings. The highest BCUT2D eigenvalue weighted by Gasteiger charge is 2.39. The number of para-hydroxylation sites is 1. The van der Waals surface area contributed by atoms with Crippen molar-refractivity contribution in [3.8, 4) is 0 Å². The van der Waals surface area contributed by atoms with Crippen LogP contribution in [-0.2, 0) is 16.1 Å². The van der Waals surface area contributed by atoms with Gasteiger partial charge in [-0.05, 0) is 26.1 Å². The summed E-state index contributed by atoms with van der Waals surface area (Å²) in [5.41, 5.74) is 0.981. The molecule has 0 bridgehead atoms. The molecule has 1 saturated heterocycles. The largest absolute Gasteiger partial charge is 0.288 e. The van der Waals surface area contributed by atoms with Crippen LogP contribution in [0, 0.1) is 0 Å². The van der Waals surface area contributed by atoms with Crippen molar-refractivity contribution in [3.63, 3.8) is 0 Å². The first-order valence-corrected chi connectivity index (χ1v) is 7.80. The zero-order chi connectivity index (χ0) is 15.0. The summed E-state index contributed by atoms with van der Waals surface area (Å²) in [6, 6.07) is 7.63. The van der Waals surface area contributed by atoms with E-state index in [2.05, 4.69) is 4.98 Å². The number of likely N-dealkylation sites (N-methyl/N-ethyl adjacent to an activating group) is 2. The fraction of sp³-hybridized carbons (Fsp3) is 0.400. The fourth-order valence-electron chi connectivity index (χ4n) is 2.65. The molecule has 2 aromatic rings. The minimum absolute atomic E-state index is 0.0800. The lowest BCUT2D eigenvalue weighted by atomic mass is 10.2. The van der Waals surface area contributed by atoms with Gasteiger partial charge in [0, 0.05) is 6.54 Å². The predicted molar refractivity (Wildman–Crippen MR) is 81.9 cm³/mol. The number of imide groups is 1. The second kappa shape index (κ2) is 5.54. The Hall–Kier alpha value is -1.79. The number of hydrogen-bond acceptors (Lipinski definition) is 5. The number of likely N-dealkylation sites (tertiary alicyclic amines) is 1. The van der Waals surface area contributed by atoms with Crippen molar-refractivity contribution in [2.24, 2.45) is 0 Å². The molecule has 5 nitrogen and oxygen atoms in total. The topological polar surface area (TPSA) is 53.5 Å². The van der Waals surface area contributed by atoms with E-state index in [1.807, 2.05) is 43.1 Å². The van der Waals surface area contributed by atoms with E-state index in [1.165, 1.54) is 4.90 Å². The molecule has 1 aromatic carbocycles. The van der Waals surface area contributed by atoms with Crippen LogP contribution in [0.2, 0.25) is 0 Å². The van der Waals surface area contributed by atoms with Crippen molar-refractivity contribution in [2.75, 3.05) is 13.6 Å². The molecule has 21 heavy (non-hydrogen) atoms. The first-order valence-electron chi connectivity index (χ1n) is 6.99. The Balaban J connectivity index is 1.75. The molecule has 0 radical (unpaired) electrons. The Morgan fingerprint density at radius 2 is 2.14 bits per heavy atom. The Morgan fingerprint density at radius 1 is 1.38 bits per heavy atom. The summed E-state index contributed by atoms with van der Waals surface area (Å²) in [5, 5.41) is 0.967. The molecule has 3 rings (SSSR count). The van der Waals surface area contributed by atoms with Gasteiger partial charge in [-0.25, -0.2) is 4.98 Å². The summed E-state index contributed by atoms with van der Waals surface area (Å²) < 4.78 is 1.14. The average molecular weight is 303 g/mol. The molecule has 0 N–H and O–H groups in total. The van der Waals surface area contributed by atoms with Gasteiger partial charge in [0.15, 0.2) is 0 Å². The number of carbonyl (C=O) groups is 2. The van der Waals surface area contributed by atoms with E-state index in [-0.39, 0.29) is 24.3 Å². The Bertz CT molecular complexity index is 664. The van der Waals surface area contributed by atoms with Gasteiger partial charge in [0.05, 0.1) is 29.2 Å². The van der Waals surface area contributed by atoms with Gasteiger partial charge in [-0.15, -0.1) is 11.3 Å². The number of amides is 2. The highest BCUT2D eigenvalue weighted by molar-refractivity contribution is 7.18. The molecule has 0 aliphatic carbocycles. The minimum Gasteiger partial charge on any atom is -0.288 e. The number of benzene rings is 1. The van der Waals surface area contributed by atoms with E-state index >= 15 is 0 Å². The van der Waals surface area contributed by atoms with E-state index in [1.54, 1.807) is 11.3 Å². The lowest BCUT2D eigenvalue weighted by Crippen LogP contribution is -2.39. The first kappa shape index (κ1) is 14.2. The molecule has 0 spiro atoms. The van der Waals surface area contributed by atoms with Gasteiger partial charge >= 0.3 is 0 Å². The predicted octanol–water partition coefficient (Wildman–Crippen LogP) is 1.88. The summed E-state index contributed by atoms with van der Waals surface area (Å²) >= 11 is 1.63. The zero-order valence-corrected chi connectivity index (χ0v) is 12.9. The average Bonchev–Trinajstić information content (AvgIpc) is 2.99. The quantitative estimate of drug-likeness (QED) is 0.809. The molecule has 1 aliphatic heterocycles. The van der Waals surface area contributed by atoms with Crippen LogP contribution in [0.1, 0.15) is 18.4 Å². The summed E-state index contributed by atoms with van der Waals surface area (Å²) in [5.74, 6) is -0.172. The number of fused-ring (bicyclic) bond motifs is 1. The number of aromatic nitrogens is 1. The lowest BCUT2D eigenvalue weighted by molar-refractivity contribution is -0.139. The lowest BCUT2D eigenvalue weighted by Gasteiger charge is -2.21. The van der Waals surface area contributed by atoms with Crippen LogP contribution < -0.4 is 0 Å². The van der Waals surface area contributed by atoms with Gasteiger partial charge in [-0.3, -0.25) is 19.4 Å². The number of thiazole rings is 1. The Labute approximate surface area is 127 Å². The fourth-order valence-corrected chi connectivity index (χ4v) is 3.68. The second-order valence-electron chi connectivity index (χ2n) is 5.19. The first-order chi connectivity index (χ1) is 10.1. The summed E-state index contributed by atoms with van der Waals surface area (Å²) in [6.45, 7) is 2.86. The summed E-state index contributed by atoms with van der Waals surface area (Å²) in [4.78, 5) is 31.8. The summed E-state index contributed by atoms with van der Waals surface area (Å²) in [6.07, 6.45) is 0.272. The maximum absolute atomic E-state index is 12.2. The third kappa shape index (κ3) is 2.56. The second-order valence-corrected chi connectivity index (χ2v) is 6.30. The highest BCUT2D eigenvalue weighted by atomic mass is 32.1. The van der Waals surface area contributed by atoms with Crippen LogP contribution in [0.5, 0.6) is 0 Å². The SMILES string of the molecule is CCN1C(=O)C[C@@H](N(C)Cc2nc3ccccc3s2)C1=O. The van der Waals surface area contributed by atoms with E-state index in [0.29, 0.717) is 13.1 Å². The van der Waals surface area contributed by atoms with Gasteiger partial charge < -0.3 is 0 Å². The van der Waals surface area contributed by atoms with Crippen LogP contribution in [0.3, 0.4) is 0 Å². The standard InChI is InChI=1S/C15H17N3O2S/c1-3-18-14(19)8-11(15(18)20)17(2)9-13-16-10-6-4-5-7-12(10)21-13/h4-7,11H,3,8-9H2,1-2H3/t11-/m1/s1. The normalized spacial score (nSPS) is 19.2. The Morgan fingerprint density at radius 3 is 2.81 bits per heavy atom. The molecule has 0 unspecified atom stereocenters. The van der Waals surface area contributed by atoms with Crippen LogP contribution >= 0.6 is 11.3 Å². The van der Waals surface area contributed by atoms with E-state index < -0.39 is 0 Å². The summed E-state index contributed by atoms with van der Waals surface area (Å²) in [7, 11) is 1.88. The molecule has 2 amide bonds. The number of carbonyl (C=O) groups excluding carboxylic acids is 2. The monoisotopic (exact) mass is 303 g/mol. The van der Waals surface area contributed by atoms with Crippen LogP contribution in [0.4, 0.5) is 0 Å². The minimum atomic E-state index is -0.357. The van der Waals surface area contributed by atoms with Crippen LogP contribution in [0.15, 0.2) is 24.3 Å². The zero-order valence-electron chi connectivity index (χ0n) is 12.1. The van der Waals surface area contributed by atoms with Gasteiger partial charge in [-0.2, -0.15) is 0 Å². The van der Waals surface area contributed by atoms with E-state index in [0.717, 1.165) is 15.2 Å². The van der Waals surface area contributed by atoms with Crippen molar-refractivity contribution in [2.45, 2.75) is 25.9 Å². The molecule has 2 heterocycles. The van der Waals surface area contributed by atoms with Crippen molar-refractivity contribution in [3.05, 3.63) is 29.3 Å². The van der Waals surface area contributed by atoms with E-state index in [4.69, 9.17) is 0 Å². The molecular weight excluding hydrogens is 286 g/mol. The van der Waals surface area contributed by atoms with Crippen molar-refractivity contribution < 1.29 is 9.59 Å². The molecule has 0 saturated carbocycles. The van der Waals surface area contributed by atoms with Crippen molar-refractivity contribution in [1.29, 1.82) is 0 Å². The van der Waals surface area contributed by atoms with Crippen LogP contribution in [-0.4, -0.2) is 46.2 Å². The van der Waals surface area contributed by atoms with Crippen molar-refractivity contribution >= 4 is 33.4 Å². The Kier molecular flexibility index (Phi) is 3.73. The molecular formula is C15H17N3O2S. The third-order valence-electron chi connectivity index (χ3n) is 3.79. The number of nitrogens with zero attached hydrogens (tertiary/aromatic N) is 3. The molecule has 6 heteroatoms. The van der Waals surface area contributed by atoms with E-state index in [9.17, 15) is 9.59 Å².